The lowest BCUT2D eigenvalue weighted by Crippen LogP contribution is -2.11. The molecular formula is C18H14Cl2FNO. The van der Waals surface area contributed by atoms with Gasteiger partial charge in [-0.3, -0.25) is 0 Å². The molecule has 0 saturated heterocycles. The molecule has 0 spiro atoms. The van der Waals surface area contributed by atoms with Crippen LogP contribution in [0, 0.1) is 5.82 Å². The van der Waals surface area contributed by atoms with Crippen molar-refractivity contribution >= 4 is 23.2 Å². The summed E-state index contributed by atoms with van der Waals surface area (Å²) in [6.45, 7) is 1.21. The monoisotopic (exact) mass is 349 g/mol. The zero-order valence-corrected chi connectivity index (χ0v) is 13.7. The molecule has 1 heterocycles. The third-order valence-electron chi connectivity index (χ3n) is 3.35. The highest BCUT2D eigenvalue weighted by Crippen LogP contribution is 2.28. The minimum atomic E-state index is -0.232. The zero-order chi connectivity index (χ0) is 16.2. The average Bonchev–Trinajstić information content (AvgIpc) is 2.97. The summed E-state index contributed by atoms with van der Waals surface area (Å²) in [7, 11) is 0. The molecule has 0 atom stereocenters. The standard InChI is InChI=1S/C18H14Cl2FNO/c19-14-7-13(8-15(20)9-14)18-6-5-17(23-18)11-22-10-12-1-3-16(21)4-2-12/h1-9,22H,10-11H2. The van der Waals surface area contributed by atoms with Crippen LogP contribution in [0.5, 0.6) is 0 Å². The maximum atomic E-state index is 12.8. The molecule has 0 unspecified atom stereocenters. The Kier molecular flexibility index (Phi) is 5.01. The van der Waals surface area contributed by atoms with Crippen molar-refractivity contribution in [1.29, 1.82) is 0 Å². The smallest absolute Gasteiger partial charge is 0.134 e. The lowest BCUT2D eigenvalue weighted by molar-refractivity contribution is 0.493. The molecule has 2 nitrogen and oxygen atoms in total. The minimum Gasteiger partial charge on any atom is -0.460 e. The van der Waals surface area contributed by atoms with E-state index in [0.717, 1.165) is 16.9 Å². The predicted octanol–water partition coefficient (Wildman–Crippen LogP) is 5.68. The largest absolute Gasteiger partial charge is 0.460 e. The summed E-state index contributed by atoms with van der Waals surface area (Å²) >= 11 is 12.0. The van der Waals surface area contributed by atoms with E-state index in [1.807, 2.05) is 24.3 Å². The minimum absolute atomic E-state index is 0.232. The van der Waals surface area contributed by atoms with Crippen LogP contribution >= 0.6 is 23.2 Å². The van der Waals surface area contributed by atoms with Crippen LogP contribution in [0.25, 0.3) is 11.3 Å². The third kappa shape index (κ3) is 4.35. The summed E-state index contributed by atoms with van der Waals surface area (Å²) in [6, 6.07) is 15.5. The first-order valence-electron chi connectivity index (χ1n) is 7.10. The van der Waals surface area contributed by atoms with Crippen LogP contribution in [0.2, 0.25) is 10.0 Å². The van der Waals surface area contributed by atoms with Crippen molar-refractivity contribution in [2.45, 2.75) is 13.1 Å². The number of halogens is 3. The third-order valence-corrected chi connectivity index (χ3v) is 3.79. The highest BCUT2D eigenvalue weighted by Gasteiger charge is 2.07. The second-order valence-corrected chi connectivity index (χ2v) is 6.03. The molecule has 1 N–H and O–H groups in total. The van der Waals surface area contributed by atoms with E-state index in [2.05, 4.69) is 5.32 Å². The van der Waals surface area contributed by atoms with Gasteiger partial charge in [-0.25, -0.2) is 4.39 Å². The van der Waals surface area contributed by atoms with E-state index in [1.54, 1.807) is 18.2 Å². The van der Waals surface area contributed by atoms with Gasteiger partial charge in [0.25, 0.3) is 0 Å². The van der Waals surface area contributed by atoms with E-state index in [9.17, 15) is 4.39 Å². The molecule has 1 aromatic heterocycles. The fraction of sp³-hybridized carbons (Fsp3) is 0.111. The van der Waals surface area contributed by atoms with Crippen LogP contribution in [0.15, 0.2) is 59.0 Å². The highest BCUT2D eigenvalue weighted by molar-refractivity contribution is 6.35. The molecule has 0 aliphatic rings. The van der Waals surface area contributed by atoms with Gasteiger partial charge in [0.1, 0.15) is 17.3 Å². The Labute approximate surface area is 143 Å². The van der Waals surface area contributed by atoms with E-state index >= 15 is 0 Å². The molecule has 0 radical (unpaired) electrons. The van der Waals surface area contributed by atoms with Crippen molar-refractivity contribution in [2.75, 3.05) is 0 Å². The van der Waals surface area contributed by atoms with Crippen molar-refractivity contribution in [3.8, 4) is 11.3 Å². The molecule has 3 rings (SSSR count). The molecule has 0 bridgehead atoms. The van der Waals surface area contributed by atoms with Crippen LogP contribution in [0.4, 0.5) is 4.39 Å². The Morgan fingerprint density at radius 2 is 1.57 bits per heavy atom. The Bertz CT molecular complexity index is 779. The summed E-state index contributed by atoms with van der Waals surface area (Å²) in [5.41, 5.74) is 1.85. The van der Waals surface area contributed by atoms with Gasteiger partial charge in [-0.1, -0.05) is 35.3 Å². The quantitative estimate of drug-likeness (QED) is 0.640. The Morgan fingerprint density at radius 1 is 0.870 bits per heavy atom. The molecule has 118 valence electrons. The number of furan rings is 1. The summed E-state index contributed by atoms with van der Waals surface area (Å²) < 4.78 is 18.6. The Hall–Kier alpha value is -1.81. The van der Waals surface area contributed by atoms with E-state index in [4.69, 9.17) is 27.6 Å². The normalized spacial score (nSPS) is 10.9. The molecule has 0 amide bonds. The topological polar surface area (TPSA) is 25.2 Å². The van der Waals surface area contributed by atoms with E-state index < -0.39 is 0 Å². The lowest BCUT2D eigenvalue weighted by Gasteiger charge is -2.03. The maximum Gasteiger partial charge on any atom is 0.134 e. The van der Waals surface area contributed by atoms with Gasteiger partial charge in [0, 0.05) is 22.2 Å². The Balaban J connectivity index is 1.62. The molecular weight excluding hydrogens is 336 g/mol. The number of rotatable bonds is 5. The zero-order valence-electron chi connectivity index (χ0n) is 12.2. The molecule has 23 heavy (non-hydrogen) atoms. The summed E-state index contributed by atoms with van der Waals surface area (Å²) in [6.07, 6.45) is 0. The molecule has 0 aliphatic heterocycles. The van der Waals surface area contributed by atoms with Gasteiger partial charge in [0.2, 0.25) is 0 Å². The van der Waals surface area contributed by atoms with Crippen molar-refractivity contribution in [1.82, 2.24) is 5.32 Å². The first-order valence-corrected chi connectivity index (χ1v) is 7.86. The average molecular weight is 350 g/mol. The number of benzene rings is 2. The highest BCUT2D eigenvalue weighted by atomic mass is 35.5. The van der Waals surface area contributed by atoms with Crippen molar-refractivity contribution in [3.05, 3.63) is 81.8 Å². The van der Waals surface area contributed by atoms with E-state index in [1.165, 1.54) is 12.1 Å². The SMILES string of the molecule is Fc1ccc(CNCc2ccc(-c3cc(Cl)cc(Cl)c3)o2)cc1. The number of hydrogen-bond acceptors (Lipinski definition) is 2. The summed E-state index contributed by atoms with van der Waals surface area (Å²) in [5.74, 6) is 1.29. The van der Waals surface area contributed by atoms with Gasteiger partial charge in [-0.2, -0.15) is 0 Å². The fourth-order valence-electron chi connectivity index (χ4n) is 2.26. The van der Waals surface area contributed by atoms with Gasteiger partial charge < -0.3 is 9.73 Å². The first kappa shape index (κ1) is 16.1. The van der Waals surface area contributed by atoms with E-state index in [0.29, 0.717) is 28.9 Å². The van der Waals surface area contributed by atoms with Crippen LogP contribution in [-0.2, 0) is 13.1 Å². The van der Waals surface area contributed by atoms with Gasteiger partial charge in [0.05, 0.1) is 6.54 Å². The van der Waals surface area contributed by atoms with Crippen LogP contribution in [-0.4, -0.2) is 0 Å². The van der Waals surface area contributed by atoms with Gasteiger partial charge >= 0.3 is 0 Å². The Morgan fingerprint density at radius 3 is 2.26 bits per heavy atom. The molecule has 0 saturated carbocycles. The van der Waals surface area contributed by atoms with Crippen molar-refractivity contribution in [3.63, 3.8) is 0 Å². The molecule has 3 aromatic rings. The van der Waals surface area contributed by atoms with Crippen molar-refractivity contribution in [2.24, 2.45) is 0 Å². The second kappa shape index (κ2) is 7.18. The first-order chi connectivity index (χ1) is 11.1. The fourth-order valence-corrected chi connectivity index (χ4v) is 2.78. The van der Waals surface area contributed by atoms with Gasteiger partial charge in [-0.15, -0.1) is 0 Å². The van der Waals surface area contributed by atoms with Crippen LogP contribution < -0.4 is 5.32 Å². The van der Waals surface area contributed by atoms with Crippen LogP contribution in [0.1, 0.15) is 11.3 Å². The maximum absolute atomic E-state index is 12.8. The van der Waals surface area contributed by atoms with Gasteiger partial charge in [0.15, 0.2) is 0 Å². The molecule has 2 aromatic carbocycles. The summed E-state index contributed by atoms with van der Waals surface area (Å²) in [4.78, 5) is 0. The van der Waals surface area contributed by atoms with E-state index in [-0.39, 0.29) is 5.82 Å². The van der Waals surface area contributed by atoms with Crippen LogP contribution in [0.3, 0.4) is 0 Å². The summed E-state index contributed by atoms with van der Waals surface area (Å²) in [5, 5.41) is 4.40. The number of hydrogen-bond donors (Lipinski definition) is 1. The van der Waals surface area contributed by atoms with Gasteiger partial charge in [-0.05, 0) is 48.0 Å². The lowest BCUT2D eigenvalue weighted by atomic mass is 10.2. The van der Waals surface area contributed by atoms with Crippen molar-refractivity contribution < 1.29 is 8.81 Å². The molecule has 0 aliphatic carbocycles. The molecule has 5 heteroatoms. The second-order valence-electron chi connectivity index (χ2n) is 5.15. The predicted molar refractivity (Wildman–Crippen MR) is 91.1 cm³/mol. The molecule has 0 fully saturated rings. The number of nitrogens with one attached hydrogen (secondary N) is 1.